The second kappa shape index (κ2) is 5.29. The van der Waals surface area contributed by atoms with Gasteiger partial charge in [-0.05, 0) is 12.8 Å². The molecule has 92 valence electrons. The highest BCUT2D eigenvalue weighted by atomic mass is 32.2. The first-order valence-electron chi connectivity index (χ1n) is 5.10. The highest BCUT2D eigenvalue weighted by Crippen LogP contribution is 2.18. The average molecular weight is 249 g/mol. The number of aliphatic carboxylic acids is 1. The van der Waals surface area contributed by atoms with Crippen LogP contribution in [-0.2, 0) is 19.4 Å². The maximum absolute atomic E-state index is 11.3. The van der Waals surface area contributed by atoms with E-state index in [1.54, 1.807) is 0 Å². The summed E-state index contributed by atoms with van der Waals surface area (Å²) in [5.74, 6) is -2.11. The van der Waals surface area contributed by atoms with Gasteiger partial charge in [-0.2, -0.15) is 0 Å². The van der Waals surface area contributed by atoms with Crippen molar-refractivity contribution in [2.45, 2.75) is 31.7 Å². The molecule has 0 saturated heterocycles. The van der Waals surface area contributed by atoms with E-state index in [-0.39, 0.29) is 24.1 Å². The fourth-order valence-electron chi connectivity index (χ4n) is 1.12. The van der Waals surface area contributed by atoms with Crippen LogP contribution in [0.25, 0.3) is 0 Å². The minimum atomic E-state index is -3.43. The number of hydrogen-bond donors (Lipinski definition) is 2. The molecule has 1 aliphatic rings. The number of sulfone groups is 1. The van der Waals surface area contributed by atoms with Crippen LogP contribution in [0.5, 0.6) is 0 Å². The molecule has 1 aliphatic carbocycles. The SMILES string of the molecule is O=C(O)CCS(=O)(=O)CCC(=O)NC1CC1. The van der Waals surface area contributed by atoms with Gasteiger partial charge in [0.25, 0.3) is 0 Å². The maximum Gasteiger partial charge on any atom is 0.304 e. The molecule has 1 saturated carbocycles. The van der Waals surface area contributed by atoms with E-state index in [2.05, 4.69) is 5.32 Å². The molecule has 6 nitrogen and oxygen atoms in total. The van der Waals surface area contributed by atoms with Gasteiger partial charge in [0.2, 0.25) is 5.91 Å². The van der Waals surface area contributed by atoms with Crippen molar-refractivity contribution in [2.75, 3.05) is 11.5 Å². The Hall–Kier alpha value is -1.11. The molecule has 0 radical (unpaired) electrons. The summed E-state index contributed by atoms with van der Waals surface area (Å²) < 4.78 is 22.6. The molecule has 7 heteroatoms. The van der Waals surface area contributed by atoms with E-state index >= 15 is 0 Å². The van der Waals surface area contributed by atoms with Crippen LogP contribution >= 0.6 is 0 Å². The third-order valence-electron chi connectivity index (χ3n) is 2.21. The third kappa shape index (κ3) is 5.69. The van der Waals surface area contributed by atoms with E-state index in [0.29, 0.717) is 0 Å². The summed E-state index contributed by atoms with van der Waals surface area (Å²) in [6.45, 7) is 0. The Morgan fingerprint density at radius 2 is 1.75 bits per heavy atom. The van der Waals surface area contributed by atoms with Crippen LogP contribution in [0.2, 0.25) is 0 Å². The van der Waals surface area contributed by atoms with Crippen molar-refractivity contribution in [3.05, 3.63) is 0 Å². The van der Waals surface area contributed by atoms with Crippen LogP contribution in [0.1, 0.15) is 25.7 Å². The molecule has 0 aromatic rings. The van der Waals surface area contributed by atoms with Crippen LogP contribution in [0.15, 0.2) is 0 Å². The van der Waals surface area contributed by atoms with Gasteiger partial charge in [0.1, 0.15) is 0 Å². The Morgan fingerprint density at radius 1 is 1.19 bits per heavy atom. The molecule has 0 spiro atoms. The third-order valence-corrected chi connectivity index (χ3v) is 3.86. The van der Waals surface area contributed by atoms with E-state index in [1.807, 2.05) is 0 Å². The van der Waals surface area contributed by atoms with Crippen molar-refractivity contribution in [3.8, 4) is 0 Å². The molecule has 1 amide bonds. The summed E-state index contributed by atoms with van der Waals surface area (Å²) in [7, 11) is -3.43. The topological polar surface area (TPSA) is 101 Å². The van der Waals surface area contributed by atoms with Gasteiger partial charge in [0, 0.05) is 12.5 Å². The fourth-order valence-corrected chi connectivity index (χ4v) is 2.31. The van der Waals surface area contributed by atoms with Gasteiger partial charge in [0.05, 0.1) is 17.9 Å². The lowest BCUT2D eigenvalue weighted by molar-refractivity contribution is -0.136. The van der Waals surface area contributed by atoms with Crippen LogP contribution in [-0.4, -0.2) is 42.9 Å². The molecule has 0 bridgehead atoms. The number of nitrogens with one attached hydrogen (secondary N) is 1. The highest BCUT2D eigenvalue weighted by molar-refractivity contribution is 7.91. The van der Waals surface area contributed by atoms with E-state index in [0.717, 1.165) is 12.8 Å². The molecule has 0 aromatic carbocycles. The average Bonchev–Trinajstić information content (AvgIpc) is 2.96. The van der Waals surface area contributed by atoms with Crippen molar-refractivity contribution in [1.82, 2.24) is 5.32 Å². The van der Waals surface area contributed by atoms with Gasteiger partial charge in [0.15, 0.2) is 9.84 Å². The monoisotopic (exact) mass is 249 g/mol. The molecule has 16 heavy (non-hydrogen) atoms. The minimum absolute atomic E-state index is 0.0849. The second-order valence-electron chi connectivity index (χ2n) is 3.89. The number of carboxylic acids is 1. The molecule has 0 heterocycles. The molecular formula is C9H15NO5S. The fraction of sp³-hybridized carbons (Fsp3) is 0.778. The van der Waals surface area contributed by atoms with Gasteiger partial charge in [-0.1, -0.05) is 0 Å². The largest absolute Gasteiger partial charge is 0.481 e. The van der Waals surface area contributed by atoms with Gasteiger partial charge in [-0.15, -0.1) is 0 Å². The summed E-state index contributed by atoms with van der Waals surface area (Å²) >= 11 is 0. The van der Waals surface area contributed by atoms with Crippen LogP contribution < -0.4 is 5.32 Å². The van der Waals surface area contributed by atoms with Crippen LogP contribution in [0.3, 0.4) is 0 Å². The summed E-state index contributed by atoms with van der Waals surface area (Å²) in [6, 6.07) is 0.217. The predicted octanol–water partition coefficient (Wildman–Crippen LogP) is -0.455. The lowest BCUT2D eigenvalue weighted by Gasteiger charge is -2.03. The maximum atomic E-state index is 11.3. The Morgan fingerprint density at radius 3 is 2.25 bits per heavy atom. The number of rotatable bonds is 7. The van der Waals surface area contributed by atoms with Crippen molar-refractivity contribution in [2.24, 2.45) is 0 Å². The Labute approximate surface area is 93.9 Å². The first-order chi connectivity index (χ1) is 7.39. The van der Waals surface area contributed by atoms with Gasteiger partial charge in [-0.25, -0.2) is 8.42 Å². The van der Waals surface area contributed by atoms with E-state index < -0.39 is 28.0 Å². The standard InChI is InChI=1S/C9H15NO5S/c11-8(10-7-1-2-7)3-5-16(14,15)6-4-9(12)13/h7H,1-6H2,(H,10,11)(H,12,13). The smallest absolute Gasteiger partial charge is 0.304 e. The lowest BCUT2D eigenvalue weighted by atomic mass is 10.4. The summed E-state index contributed by atoms with van der Waals surface area (Å²) in [5.41, 5.74) is 0. The van der Waals surface area contributed by atoms with E-state index in [9.17, 15) is 18.0 Å². The van der Waals surface area contributed by atoms with E-state index in [4.69, 9.17) is 5.11 Å². The number of amides is 1. The zero-order valence-corrected chi connectivity index (χ0v) is 9.62. The first-order valence-corrected chi connectivity index (χ1v) is 6.93. The zero-order chi connectivity index (χ0) is 12.2. The lowest BCUT2D eigenvalue weighted by Crippen LogP contribution is -2.28. The molecule has 0 atom stereocenters. The minimum Gasteiger partial charge on any atom is -0.481 e. The molecule has 1 fully saturated rings. The van der Waals surface area contributed by atoms with Gasteiger partial charge < -0.3 is 10.4 Å². The molecule has 2 N–H and O–H groups in total. The quantitative estimate of drug-likeness (QED) is 0.636. The summed E-state index contributed by atoms with van der Waals surface area (Å²) in [5, 5.41) is 11.0. The summed E-state index contributed by atoms with van der Waals surface area (Å²) in [6.07, 6.45) is 1.42. The van der Waals surface area contributed by atoms with Crippen molar-refractivity contribution in [3.63, 3.8) is 0 Å². The Kier molecular flexibility index (Phi) is 4.28. The molecule has 1 rings (SSSR count). The van der Waals surface area contributed by atoms with Crippen LogP contribution in [0.4, 0.5) is 0 Å². The molecular weight excluding hydrogens is 234 g/mol. The number of carboxylic acid groups (broad SMARTS) is 1. The zero-order valence-electron chi connectivity index (χ0n) is 8.81. The molecule has 0 unspecified atom stereocenters. The second-order valence-corrected chi connectivity index (χ2v) is 6.19. The summed E-state index contributed by atoms with van der Waals surface area (Å²) in [4.78, 5) is 21.4. The van der Waals surface area contributed by atoms with Gasteiger partial charge in [-0.3, -0.25) is 9.59 Å². The van der Waals surface area contributed by atoms with Crippen molar-refractivity contribution in [1.29, 1.82) is 0 Å². The number of carbonyl (C=O) groups excluding carboxylic acids is 1. The molecule has 0 aliphatic heterocycles. The van der Waals surface area contributed by atoms with Crippen molar-refractivity contribution >= 4 is 21.7 Å². The number of hydrogen-bond acceptors (Lipinski definition) is 4. The predicted molar refractivity (Wildman–Crippen MR) is 56.7 cm³/mol. The van der Waals surface area contributed by atoms with Crippen LogP contribution in [0, 0.1) is 0 Å². The van der Waals surface area contributed by atoms with E-state index in [1.165, 1.54) is 0 Å². The molecule has 0 aromatic heterocycles. The highest BCUT2D eigenvalue weighted by Gasteiger charge is 2.24. The first kappa shape index (κ1) is 13.0. The van der Waals surface area contributed by atoms with Gasteiger partial charge >= 0.3 is 5.97 Å². The number of carbonyl (C=O) groups is 2. The Bertz CT molecular complexity index is 371. The Balaban J connectivity index is 2.23. The van der Waals surface area contributed by atoms with Crippen molar-refractivity contribution < 1.29 is 23.1 Å². The normalized spacial score (nSPS) is 15.8.